The van der Waals surface area contributed by atoms with Gasteiger partial charge in [-0.15, -0.1) is 0 Å². The lowest BCUT2D eigenvalue weighted by atomic mass is 10.1. The molecule has 0 heterocycles. The van der Waals surface area contributed by atoms with E-state index in [-0.39, 0.29) is 6.54 Å². The Morgan fingerprint density at radius 2 is 1.93 bits per heavy atom. The number of carbonyl (C=O) groups excluding carboxylic acids is 1. The molecule has 15 heavy (non-hydrogen) atoms. The van der Waals surface area contributed by atoms with Gasteiger partial charge < -0.3 is 15.2 Å². The minimum Gasteiger partial charge on any atom is -0.465 e. The molecule has 5 nitrogen and oxygen atoms in total. The van der Waals surface area contributed by atoms with Gasteiger partial charge in [0.15, 0.2) is 0 Å². The summed E-state index contributed by atoms with van der Waals surface area (Å²) in [6.45, 7) is 0.219. The molecule has 0 aliphatic heterocycles. The summed E-state index contributed by atoms with van der Waals surface area (Å²) in [5.74, 6) is -0.409. The summed E-state index contributed by atoms with van der Waals surface area (Å²) in [5.41, 5.74) is 1.22. The molecular formula is C10H11NO4. The first-order valence-corrected chi connectivity index (χ1v) is 4.27. The summed E-state index contributed by atoms with van der Waals surface area (Å²) in [5, 5.41) is 10.6. The molecule has 80 valence electrons. The Morgan fingerprint density at radius 3 is 2.40 bits per heavy atom. The Kier molecular flexibility index (Phi) is 3.68. The van der Waals surface area contributed by atoms with Crippen LogP contribution in [0.5, 0.6) is 0 Å². The van der Waals surface area contributed by atoms with E-state index in [1.165, 1.54) is 7.11 Å². The lowest BCUT2D eigenvalue weighted by molar-refractivity contribution is 0.0600. The van der Waals surface area contributed by atoms with Crippen LogP contribution in [0.4, 0.5) is 4.79 Å². The van der Waals surface area contributed by atoms with Crippen molar-refractivity contribution in [2.75, 3.05) is 7.11 Å². The lowest BCUT2D eigenvalue weighted by Crippen LogP contribution is -2.19. The Labute approximate surface area is 86.7 Å². The molecule has 0 spiro atoms. The van der Waals surface area contributed by atoms with Crippen molar-refractivity contribution in [1.82, 2.24) is 5.32 Å². The first-order valence-electron chi connectivity index (χ1n) is 4.27. The highest BCUT2D eigenvalue weighted by Crippen LogP contribution is 2.05. The van der Waals surface area contributed by atoms with Gasteiger partial charge >= 0.3 is 12.1 Å². The molecule has 0 fully saturated rings. The maximum atomic E-state index is 11.1. The first-order chi connectivity index (χ1) is 7.13. The molecule has 2 N–H and O–H groups in total. The number of carbonyl (C=O) groups is 2. The topological polar surface area (TPSA) is 75.6 Å². The highest BCUT2D eigenvalue weighted by atomic mass is 16.5. The van der Waals surface area contributed by atoms with Crippen LogP contribution in [0.1, 0.15) is 15.9 Å². The molecule has 0 aliphatic carbocycles. The van der Waals surface area contributed by atoms with Crippen LogP contribution in [0, 0.1) is 0 Å². The molecule has 0 bridgehead atoms. The maximum Gasteiger partial charge on any atom is 0.404 e. The normalized spacial score (nSPS) is 9.40. The molecule has 0 aliphatic rings. The smallest absolute Gasteiger partial charge is 0.404 e. The molecule has 0 saturated heterocycles. The van der Waals surface area contributed by atoms with Gasteiger partial charge in [-0.2, -0.15) is 0 Å². The van der Waals surface area contributed by atoms with Gasteiger partial charge in [-0.05, 0) is 17.7 Å². The number of hydrogen-bond donors (Lipinski definition) is 2. The largest absolute Gasteiger partial charge is 0.465 e. The average Bonchev–Trinajstić information content (AvgIpc) is 2.26. The minimum absolute atomic E-state index is 0.219. The summed E-state index contributed by atoms with van der Waals surface area (Å²) in [6, 6.07) is 6.51. The molecule has 0 radical (unpaired) electrons. The Hall–Kier alpha value is -2.04. The average molecular weight is 209 g/mol. The van der Waals surface area contributed by atoms with Gasteiger partial charge in [0, 0.05) is 6.54 Å². The number of carboxylic acid groups (broad SMARTS) is 1. The van der Waals surface area contributed by atoms with Crippen molar-refractivity contribution in [3.05, 3.63) is 35.4 Å². The van der Waals surface area contributed by atoms with Crippen molar-refractivity contribution < 1.29 is 19.4 Å². The van der Waals surface area contributed by atoms with Crippen molar-refractivity contribution >= 4 is 12.1 Å². The van der Waals surface area contributed by atoms with Crippen LogP contribution < -0.4 is 5.32 Å². The van der Waals surface area contributed by atoms with Crippen LogP contribution >= 0.6 is 0 Å². The van der Waals surface area contributed by atoms with E-state index >= 15 is 0 Å². The molecule has 1 aromatic rings. The third kappa shape index (κ3) is 3.30. The van der Waals surface area contributed by atoms with Gasteiger partial charge in [0.05, 0.1) is 12.7 Å². The van der Waals surface area contributed by atoms with E-state index in [9.17, 15) is 9.59 Å². The van der Waals surface area contributed by atoms with Gasteiger partial charge in [-0.25, -0.2) is 9.59 Å². The molecule has 1 rings (SSSR count). The van der Waals surface area contributed by atoms with E-state index in [2.05, 4.69) is 10.1 Å². The van der Waals surface area contributed by atoms with Gasteiger partial charge in [0.2, 0.25) is 0 Å². The van der Waals surface area contributed by atoms with Crippen molar-refractivity contribution in [3.63, 3.8) is 0 Å². The highest BCUT2D eigenvalue weighted by molar-refractivity contribution is 5.89. The Bertz CT molecular complexity index is 358. The van der Waals surface area contributed by atoms with Crippen LogP contribution in [-0.2, 0) is 11.3 Å². The van der Waals surface area contributed by atoms with Crippen molar-refractivity contribution in [2.45, 2.75) is 6.54 Å². The summed E-state index contributed by atoms with van der Waals surface area (Å²) >= 11 is 0. The standard InChI is InChI=1S/C10H11NO4/c1-15-9(12)8-4-2-7(3-5-8)6-11-10(13)14/h2-5,11H,6H2,1H3,(H,13,14). The molecule has 1 aromatic carbocycles. The number of hydrogen-bond acceptors (Lipinski definition) is 3. The van der Waals surface area contributed by atoms with Crippen LogP contribution in [0.2, 0.25) is 0 Å². The summed E-state index contributed by atoms with van der Waals surface area (Å²) in [6.07, 6.45) is -1.08. The zero-order valence-electron chi connectivity index (χ0n) is 8.19. The predicted molar refractivity (Wildman–Crippen MR) is 52.6 cm³/mol. The monoisotopic (exact) mass is 209 g/mol. The summed E-state index contributed by atoms with van der Waals surface area (Å²) in [7, 11) is 1.31. The van der Waals surface area contributed by atoms with E-state index in [1.807, 2.05) is 0 Å². The molecule has 0 saturated carbocycles. The van der Waals surface area contributed by atoms with E-state index in [1.54, 1.807) is 24.3 Å². The second-order valence-corrected chi connectivity index (χ2v) is 2.85. The van der Waals surface area contributed by atoms with Crippen molar-refractivity contribution in [3.8, 4) is 0 Å². The van der Waals surface area contributed by atoms with Gasteiger partial charge in [-0.3, -0.25) is 0 Å². The lowest BCUT2D eigenvalue weighted by Gasteiger charge is -2.02. The van der Waals surface area contributed by atoms with Gasteiger partial charge in [-0.1, -0.05) is 12.1 Å². The zero-order valence-corrected chi connectivity index (χ0v) is 8.19. The van der Waals surface area contributed by atoms with E-state index in [4.69, 9.17) is 5.11 Å². The SMILES string of the molecule is COC(=O)c1ccc(CNC(=O)O)cc1. The van der Waals surface area contributed by atoms with Crippen molar-refractivity contribution in [1.29, 1.82) is 0 Å². The van der Waals surface area contributed by atoms with Gasteiger partial charge in [0.25, 0.3) is 0 Å². The summed E-state index contributed by atoms with van der Waals surface area (Å²) in [4.78, 5) is 21.3. The van der Waals surface area contributed by atoms with E-state index in [0.717, 1.165) is 5.56 Å². The van der Waals surface area contributed by atoms with Crippen LogP contribution in [-0.4, -0.2) is 24.3 Å². The molecule has 5 heteroatoms. The number of nitrogens with one attached hydrogen (secondary N) is 1. The highest BCUT2D eigenvalue weighted by Gasteiger charge is 2.04. The number of amides is 1. The van der Waals surface area contributed by atoms with E-state index < -0.39 is 12.1 Å². The van der Waals surface area contributed by atoms with Gasteiger partial charge in [0.1, 0.15) is 0 Å². The fraction of sp³-hybridized carbons (Fsp3) is 0.200. The number of rotatable bonds is 3. The molecule has 0 unspecified atom stereocenters. The molecule has 1 amide bonds. The molecular weight excluding hydrogens is 198 g/mol. The van der Waals surface area contributed by atoms with Crippen LogP contribution in [0.25, 0.3) is 0 Å². The van der Waals surface area contributed by atoms with Crippen molar-refractivity contribution in [2.24, 2.45) is 0 Å². The number of methoxy groups -OCH3 is 1. The third-order valence-corrected chi connectivity index (χ3v) is 1.82. The summed E-state index contributed by atoms with van der Waals surface area (Å²) < 4.78 is 4.53. The minimum atomic E-state index is -1.08. The Balaban J connectivity index is 2.64. The second-order valence-electron chi connectivity index (χ2n) is 2.85. The van der Waals surface area contributed by atoms with Crippen LogP contribution in [0.3, 0.4) is 0 Å². The number of benzene rings is 1. The third-order valence-electron chi connectivity index (χ3n) is 1.82. The zero-order chi connectivity index (χ0) is 11.3. The molecule has 0 atom stereocenters. The molecule has 0 aromatic heterocycles. The predicted octanol–water partition coefficient (Wildman–Crippen LogP) is 1.24. The fourth-order valence-corrected chi connectivity index (χ4v) is 1.05. The van der Waals surface area contributed by atoms with E-state index in [0.29, 0.717) is 5.56 Å². The number of ether oxygens (including phenoxy) is 1. The maximum absolute atomic E-state index is 11.1. The Morgan fingerprint density at radius 1 is 1.33 bits per heavy atom. The quantitative estimate of drug-likeness (QED) is 0.734. The number of esters is 1. The second kappa shape index (κ2) is 4.99. The van der Waals surface area contributed by atoms with Crippen LogP contribution in [0.15, 0.2) is 24.3 Å². The first kappa shape index (κ1) is 11.0. The fourth-order valence-electron chi connectivity index (χ4n) is 1.05.